The van der Waals surface area contributed by atoms with Gasteiger partial charge in [0.15, 0.2) is 0 Å². The molecule has 0 saturated heterocycles. The van der Waals surface area contributed by atoms with Gasteiger partial charge >= 0.3 is 0 Å². The second kappa shape index (κ2) is 9.03. The van der Waals surface area contributed by atoms with Gasteiger partial charge in [0.2, 0.25) is 11.8 Å². The van der Waals surface area contributed by atoms with E-state index in [1.54, 1.807) is 24.5 Å². The number of nitrogens with two attached hydrogens (primary N) is 1. The number of pyridine rings is 1. The van der Waals surface area contributed by atoms with E-state index < -0.39 is 5.91 Å². The molecule has 2 amide bonds. The average Bonchev–Trinajstić information content (AvgIpc) is 3.27. The SMILES string of the molecule is NC(=O)C(=Cc1c[nH]c2nccc(NC(=O)Cc3cccc4ccccc34)c12)c1ccccc1. The van der Waals surface area contributed by atoms with Crippen LogP contribution in [0.3, 0.4) is 0 Å². The zero-order valence-corrected chi connectivity index (χ0v) is 18.3. The summed E-state index contributed by atoms with van der Waals surface area (Å²) in [4.78, 5) is 32.7. The van der Waals surface area contributed by atoms with Gasteiger partial charge in [0, 0.05) is 28.9 Å². The Morgan fingerprint density at radius 1 is 0.941 bits per heavy atom. The van der Waals surface area contributed by atoms with Gasteiger partial charge in [-0.15, -0.1) is 0 Å². The highest BCUT2D eigenvalue weighted by Crippen LogP contribution is 2.29. The van der Waals surface area contributed by atoms with Crippen LogP contribution in [0, 0.1) is 0 Å². The number of carbonyl (C=O) groups excluding carboxylic acids is 2. The van der Waals surface area contributed by atoms with Crippen LogP contribution in [0.2, 0.25) is 0 Å². The fourth-order valence-corrected chi connectivity index (χ4v) is 4.18. The first-order chi connectivity index (χ1) is 16.6. The zero-order valence-electron chi connectivity index (χ0n) is 18.3. The van der Waals surface area contributed by atoms with Crippen molar-refractivity contribution in [2.75, 3.05) is 5.32 Å². The predicted octanol–water partition coefficient (Wildman–Crippen LogP) is 4.92. The molecule has 166 valence electrons. The Morgan fingerprint density at radius 2 is 1.71 bits per heavy atom. The Balaban J connectivity index is 1.49. The molecule has 4 N–H and O–H groups in total. The number of hydrogen-bond donors (Lipinski definition) is 3. The molecule has 0 unspecified atom stereocenters. The minimum Gasteiger partial charge on any atom is -0.366 e. The molecule has 6 heteroatoms. The Labute approximate surface area is 196 Å². The maximum Gasteiger partial charge on any atom is 0.249 e. The topological polar surface area (TPSA) is 101 Å². The maximum absolute atomic E-state index is 13.0. The molecule has 5 rings (SSSR count). The van der Waals surface area contributed by atoms with Crippen LogP contribution in [0.5, 0.6) is 0 Å². The van der Waals surface area contributed by atoms with Crippen molar-refractivity contribution >= 4 is 51.0 Å². The van der Waals surface area contributed by atoms with Crippen LogP contribution >= 0.6 is 0 Å². The van der Waals surface area contributed by atoms with Crippen molar-refractivity contribution in [2.24, 2.45) is 5.73 Å². The predicted molar refractivity (Wildman–Crippen MR) is 136 cm³/mol. The molecule has 0 aliphatic rings. The number of hydrogen-bond acceptors (Lipinski definition) is 3. The second-order valence-corrected chi connectivity index (χ2v) is 7.98. The number of carbonyl (C=O) groups is 2. The Hall–Kier alpha value is -4.71. The summed E-state index contributed by atoms with van der Waals surface area (Å²) < 4.78 is 0. The van der Waals surface area contributed by atoms with Gasteiger partial charge in [0.25, 0.3) is 0 Å². The number of rotatable bonds is 6. The first-order valence-electron chi connectivity index (χ1n) is 10.9. The van der Waals surface area contributed by atoms with Gasteiger partial charge in [-0.2, -0.15) is 0 Å². The first kappa shape index (κ1) is 21.2. The molecule has 0 atom stereocenters. The fourth-order valence-electron chi connectivity index (χ4n) is 4.18. The number of fused-ring (bicyclic) bond motifs is 2. The Kier molecular flexibility index (Phi) is 5.62. The van der Waals surface area contributed by atoms with E-state index in [4.69, 9.17) is 5.73 Å². The maximum atomic E-state index is 13.0. The van der Waals surface area contributed by atoms with Gasteiger partial charge in [0.1, 0.15) is 5.65 Å². The third-order valence-corrected chi connectivity index (χ3v) is 5.76. The van der Waals surface area contributed by atoms with Crippen molar-refractivity contribution < 1.29 is 9.59 Å². The van der Waals surface area contributed by atoms with Crippen molar-refractivity contribution in [1.29, 1.82) is 0 Å². The van der Waals surface area contributed by atoms with Gasteiger partial charge in [-0.05, 0) is 34.0 Å². The number of aromatic nitrogens is 2. The highest BCUT2D eigenvalue weighted by molar-refractivity contribution is 6.24. The molecule has 0 fully saturated rings. The van der Waals surface area contributed by atoms with E-state index >= 15 is 0 Å². The van der Waals surface area contributed by atoms with E-state index in [0.717, 1.165) is 21.9 Å². The molecule has 0 radical (unpaired) electrons. The standard InChI is InChI=1S/C28H22N4O2/c29-27(34)23(19-7-2-1-3-8-19)15-21-17-31-28-26(21)24(13-14-30-28)32-25(33)16-20-11-6-10-18-9-4-5-12-22(18)20/h1-15,17H,16H2,(H2,29,34)(H2,30,31,32,33). The van der Waals surface area contributed by atoms with Crippen molar-refractivity contribution in [3.63, 3.8) is 0 Å². The van der Waals surface area contributed by atoms with Crippen LogP contribution in [-0.4, -0.2) is 21.8 Å². The summed E-state index contributed by atoms with van der Waals surface area (Å²) in [6.07, 6.45) is 5.34. The normalized spacial score (nSPS) is 11.6. The van der Waals surface area contributed by atoms with Crippen LogP contribution in [0.25, 0.3) is 33.5 Å². The number of nitrogens with one attached hydrogen (secondary N) is 2. The molecule has 0 spiro atoms. The first-order valence-corrected chi connectivity index (χ1v) is 10.9. The fraction of sp³-hybridized carbons (Fsp3) is 0.0357. The van der Waals surface area contributed by atoms with Gasteiger partial charge < -0.3 is 16.0 Å². The number of primary amides is 1. The summed E-state index contributed by atoms with van der Waals surface area (Å²) >= 11 is 0. The van der Waals surface area contributed by atoms with Gasteiger partial charge in [-0.3, -0.25) is 9.59 Å². The largest absolute Gasteiger partial charge is 0.366 e. The van der Waals surface area contributed by atoms with Crippen LogP contribution in [0.1, 0.15) is 16.7 Å². The minimum atomic E-state index is -0.536. The summed E-state index contributed by atoms with van der Waals surface area (Å²) in [5.74, 6) is -0.677. The Morgan fingerprint density at radius 3 is 2.53 bits per heavy atom. The number of anilines is 1. The lowest BCUT2D eigenvalue weighted by molar-refractivity contribution is -0.115. The van der Waals surface area contributed by atoms with Gasteiger partial charge in [-0.1, -0.05) is 72.8 Å². The van der Waals surface area contributed by atoms with Crippen molar-refractivity contribution in [3.05, 3.63) is 108 Å². The molecule has 0 aliphatic carbocycles. The molecule has 0 bridgehead atoms. The lowest BCUT2D eigenvalue weighted by Crippen LogP contribution is -2.15. The van der Waals surface area contributed by atoms with Crippen molar-refractivity contribution in [1.82, 2.24) is 9.97 Å². The monoisotopic (exact) mass is 446 g/mol. The number of H-pyrrole nitrogens is 1. The Bertz CT molecular complexity index is 1550. The molecule has 0 saturated carbocycles. The lowest BCUT2D eigenvalue weighted by Gasteiger charge is -2.10. The molecule has 3 aromatic carbocycles. The molecular weight excluding hydrogens is 424 g/mol. The molecule has 2 aromatic heterocycles. The van der Waals surface area contributed by atoms with Crippen LogP contribution in [0.4, 0.5) is 5.69 Å². The third-order valence-electron chi connectivity index (χ3n) is 5.76. The van der Waals surface area contributed by atoms with Crippen molar-refractivity contribution in [2.45, 2.75) is 6.42 Å². The lowest BCUT2D eigenvalue weighted by atomic mass is 10.0. The number of amides is 2. The van der Waals surface area contributed by atoms with E-state index in [1.165, 1.54) is 0 Å². The van der Waals surface area contributed by atoms with E-state index in [1.807, 2.05) is 72.8 Å². The third kappa shape index (κ3) is 4.17. The quantitative estimate of drug-likeness (QED) is 0.323. The molecular formula is C28H22N4O2. The summed E-state index contributed by atoms with van der Waals surface area (Å²) in [6, 6.07) is 24.9. The van der Waals surface area contributed by atoms with Crippen LogP contribution in [0.15, 0.2) is 91.3 Å². The summed E-state index contributed by atoms with van der Waals surface area (Å²) in [6.45, 7) is 0. The number of benzene rings is 3. The minimum absolute atomic E-state index is 0.141. The van der Waals surface area contributed by atoms with Gasteiger partial charge in [0.05, 0.1) is 12.1 Å². The van der Waals surface area contributed by atoms with Gasteiger partial charge in [-0.25, -0.2) is 4.98 Å². The summed E-state index contributed by atoms with van der Waals surface area (Å²) in [5, 5.41) is 5.88. The van der Waals surface area contributed by atoms with E-state index in [-0.39, 0.29) is 12.3 Å². The molecule has 5 aromatic rings. The van der Waals surface area contributed by atoms with Crippen LogP contribution < -0.4 is 11.1 Å². The smallest absolute Gasteiger partial charge is 0.249 e. The average molecular weight is 447 g/mol. The molecule has 34 heavy (non-hydrogen) atoms. The zero-order chi connectivity index (χ0) is 23.5. The van der Waals surface area contributed by atoms with E-state index in [9.17, 15) is 9.59 Å². The highest BCUT2D eigenvalue weighted by atomic mass is 16.2. The molecule has 6 nitrogen and oxygen atoms in total. The molecule has 0 aliphatic heterocycles. The second-order valence-electron chi connectivity index (χ2n) is 7.98. The van der Waals surface area contributed by atoms with Crippen molar-refractivity contribution in [3.8, 4) is 0 Å². The number of nitrogens with zero attached hydrogens (tertiary/aromatic N) is 1. The van der Waals surface area contributed by atoms with Crippen LogP contribution in [-0.2, 0) is 16.0 Å². The highest BCUT2D eigenvalue weighted by Gasteiger charge is 2.15. The van der Waals surface area contributed by atoms with E-state index in [2.05, 4.69) is 15.3 Å². The summed E-state index contributed by atoms with van der Waals surface area (Å²) in [7, 11) is 0. The summed E-state index contributed by atoms with van der Waals surface area (Å²) in [5.41, 5.74) is 9.64. The van der Waals surface area contributed by atoms with E-state index in [0.29, 0.717) is 27.9 Å². The number of aromatic amines is 1. The molecule has 2 heterocycles.